The summed E-state index contributed by atoms with van der Waals surface area (Å²) >= 11 is 6.04. The van der Waals surface area contributed by atoms with Gasteiger partial charge < -0.3 is 9.47 Å². The molecule has 2 heterocycles. The average Bonchev–Trinajstić information content (AvgIpc) is 2.75. The molecule has 150 valence electrons. The van der Waals surface area contributed by atoms with Crippen molar-refractivity contribution in [1.82, 2.24) is 0 Å². The third-order valence-corrected chi connectivity index (χ3v) is 6.18. The van der Waals surface area contributed by atoms with Crippen molar-refractivity contribution in [2.45, 2.75) is 50.5 Å². The number of halogens is 3. The van der Waals surface area contributed by atoms with E-state index >= 15 is 4.39 Å². The SMILES string of the molecule is [2H]C(CC)C([2H])[C@@H]1OCC[C@@]2(Cc3ccc(Cl)cc3)c3c(F)ccc(F)c3OC[C@@H]12. The Balaban J connectivity index is 1.85. The van der Waals surface area contributed by atoms with Crippen molar-refractivity contribution in [3.63, 3.8) is 0 Å². The largest absolute Gasteiger partial charge is 0.490 e. The van der Waals surface area contributed by atoms with E-state index in [4.69, 9.17) is 23.8 Å². The van der Waals surface area contributed by atoms with Gasteiger partial charge in [0.2, 0.25) is 0 Å². The van der Waals surface area contributed by atoms with Crippen LogP contribution in [0.1, 0.15) is 46.4 Å². The molecule has 5 heteroatoms. The van der Waals surface area contributed by atoms with Crippen LogP contribution >= 0.6 is 11.6 Å². The highest BCUT2D eigenvalue weighted by molar-refractivity contribution is 6.30. The van der Waals surface area contributed by atoms with E-state index in [2.05, 4.69) is 0 Å². The first-order valence-electron chi connectivity index (χ1n) is 10.8. The van der Waals surface area contributed by atoms with Crippen LogP contribution in [0.4, 0.5) is 8.78 Å². The lowest BCUT2D eigenvalue weighted by molar-refractivity contribution is -0.0992. The van der Waals surface area contributed by atoms with Crippen LogP contribution < -0.4 is 4.74 Å². The molecule has 0 saturated carbocycles. The zero-order valence-electron chi connectivity index (χ0n) is 17.8. The van der Waals surface area contributed by atoms with Gasteiger partial charge in [-0.25, -0.2) is 8.78 Å². The van der Waals surface area contributed by atoms with Gasteiger partial charge in [0, 0.05) is 31.3 Å². The Labute approximate surface area is 172 Å². The van der Waals surface area contributed by atoms with Gasteiger partial charge in [0.1, 0.15) is 5.82 Å². The third-order valence-electron chi connectivity index (χ3n) is 5.92. The molecule has 0 amide bonds. The zero-order valence-corrected chi connectivity index (χ0v) is 16.5. The van der Waals surface area contributed by atoms with E-state index in [1.165, 1.54) is 0 Å². The molecule has 2 nitrogen and oxygen atoms in total. The van der Waals surface area contributed by atoms with Crippen LogP contribution in [0, 0.1) is 17.6 Å². The molecule has 0 spiro atoms. The summed E-state index contributed by atoms with van der Waals surface area (Å²) in [7, 11) is 0. The second-order valence-corrected chi connectivity index (χ2v) is 7.97. The molecule has 0 bridgehead atoms. The maximum absolute atomic E-state index is 15.2. The summed E-state index contributed by atoms with van der Waals surface area (Å²) in [5.74, 6) is -1.50. The molecule has 1 fully saturated rings. The molecule has 0 aromatic heterocycles. The average molecular weight is 409 g/mol. The topological polar surface area (TPSA) is 18.5 Å². The summed E-state index contributed by atoms with van der Waals surface area (Å²) < 4.78 is 58.3. The van der Waals surface area contributed by atoms with Gasteiger partial charge in [-0.05, 0) is 49.1 Å². The van der Waals surface area contributed by atoms with Crippen LogP contribution in [0.5, 0.6) is 5.75 Å². The lowest BCUT2D eigenvalue weighted by atomic mass is 9.60. The fraction of sp³-hybridized carbons (Fsp3) is 0.478. The van der Waals surface area contributed by atoms with Gasteiger partial charge >= 0.3 is 0 Å². The van der Waals surface area contributed by atoms with E-state index in [0.29, 0.717) is 30.9 Å². The minimum absolute atomic E-state index is 0.0414. The highest BCUT2D eigenvalue weighted by atomic mass is 35.5. The number of ether oxygens (including phenoxy) is 2. The van der Waals surface area contributed by atoms with E-state index < -0.39 is 35.9 Å². The predicted octanol–water partition coefficient (Wildman–Crippen LogP) is 6.09. The summed E-state index contributed by atoms with van der Waals surface area (Å²) in [4.78, 5) is 0. The number of benzene rings is 2. The maximum atomic E-state index is 15.2. The quantitative estimate of drug-likeness (QED) is 0.596. The smallest absolute Gasteiger partial charge is 0.165 e. The predicted molar refractivity (Wildman–Crippen MR) is 106 cm³/mol. The Kier molecular flexibility index (Phi) is 4.92. The zero-order chi connectivity index (χ0) is 21.5. The molecule has 0 radical (unpaired) electrons. The van der Waals surface area contributed by atoms with Crippen LogP contribution in [-0.4, -0.2) is 19.3 Å². The molecule has 2 aliphatic heterocycles. The standard InChI is InChI=1S/C23H25ClF2O2/c1-2-3-4-20-17-14-28-22-19(26)10-9-18(25)21(22)23(17,11-12-27-20)13-15-5-7-16(24)8-6-15/h5-10,17,20H,2-4,11-14H2,1H3/t17-,20-,23-/m0/s1/i3D,4D/t3?,4?,17-,20-,23-. The van der Waals surface area contributed by atoms with Crippen LogP contribution in [0.3, 0.4) is 0 Å². The first-order valence-corrected chi connectivity index (χ1v) is 10.1. The molecule has 1 saturated heterocycles. The van der Waals surface area contributed by atoms with Gasteiger partial charge in [-0.15, -0.1) is 0 Å². The Hall–Kier alpha value is -1.65. The van der Waals surface area contributed by atoms with Crippen LogP contribution in [0.25, 0.3) is 0 Å². The van der Waals surface area contributed by atoms with Crippen LogP contribution in [0.15, 0.2) is 36.4 Å². The van der Waals surface area contributed by atoms with E-state index in [9.17, 15) is 4.39 Å². The van der Waals surface area contributed by atoms with Gasteiger partial charge in [-0.2, -0.15) is 0 Å². The molecule has 28 heavy (non-hydrogen) atoms. The maximum Gasteiger partial charge on any atom is 0.165 e. The fourth-order valence-corrected chi connectivity index (χ4v) is 4.73. The van der Waals surface area contributed by atoms with Crippen molar-refractivity contribution in [2.24, 2.45) is 5.92 Å². The molecule has 2 aliphatic rings. The lowest BCUT2D eigenvalue weighted by Crippen LogP contribution is -2.54. The van der Waals surface area contributed by atoms with E-state index in [1.54, 1.807) is 12.1 Å². The van der Waals surface area contributed by atoms with E-state index in [-0.39, 0.29) is 23.8 Å². The van der Waals surface area contributed by atoms with Gasteiger partial charge in [0.05, 0.1) is 12.7 Å². The van der Waals surface area contributed by atoms with Crippen molar-refractivity contribution < 1.29 is 21.0 Å². The summed E-state index contributed by atoms with van der Waals surface area (Å²) in [5, 5.41) is 0.605. The lowest BCUT2D eigenvalue weighted by Gasteiger charge is -2.51. The van der Waals surface area contributed by atoms with E-state index in [1.807, 2.05) is 19.1 Å². The van der Waals surface area contributed by atoms with Crippen molar-refractivity contribution in [1.29, 1.82) is 0 Å². The molecular weight excluding hydrogens is 382 g/mol. The Morgan fingerprint density at radius 1 is 1.18 bits per heavy atom. The molecule has 4 rings (SSSR count). The third kappa shape index (κ3) is 3.42. The Morgan fingerprint density at radius 2 is 1.93 bits per heavy atom. The van der Waals surface area contributed by atoms with Gasteiger partial charge in [0.15, 0.2) is 11.6 Å². The molecular formula is C23H25ClF2O2. The highest BCUT2D eigenvalue weighted by Crippen LogP contribution is 2.52. The van der Waals surface area contributed by atoms with Crippen molar-refractivity contribution in [2.75, 3.05) is 13.2 Å². The van der Waals surface area contributed by atoms with Crippen LogP contribution in [0.2, 0.25) is 5.02 Å². The van der Waals surface area contributed by atoms with Gasteiger partial charge in [-0.1, -0.05) is 43.5 Å². The fourth-order valence-electron chi connectivity index (χ4n) is 4.60. The molecule has 5 atom stereocenters. The van der Waals surface area contributed by atoms with E-state index in [0.717, 1.165) is 17.7 Å². The second-order valence-electron chi connectivity index (χ2n) is 7.53. The molecule has 2 aromatic rings. The monoisotopic (exact) mass is 408 g/mol. The Bertz CT molecular complexity index is 911. The first-order chi connectivity index (χ1) is 14.4. The van der Waals surface area contributed by atoms with Gasteiger partial charge in [0.25, 0.3) is 0 Å². The number of hydrogen-bond acceptors (Lipinski definition) is 2. The molecule has 0 aliphatic carbocycles. The van der Waals surface area contributed by atoms with Crippen LogP contribution in [-0.2, 0) is 16.6 Å². The number of rotatable bonds is 5. The second kappa shape index (κ2) is 8.00. The number of fused-ring (bicyclic) bond motifs is 3. The first kappa shape index (κ1) is 17.2. The van der Waals surface area contributed by atoms with Crippen molar-refractivity contribution in [3.05, 3.63) is 64.2 Å². The summed E-state index contributed by atoms with van der Waals surface area (Å²) in [5.41, 5.74) is 0.386. The molecule has 2 aromatic carbocycles. The molecule has 0 N–H and O–H groups in total. The van der Waals surface area contributed by atoms with Crippen molar-refractivity contribution >= 4 is 11.6 Å². The van der Waals surface area contributed by atoms with Crippen molar-refractivity contribution in [3.8, 4) is 5.75 Å². The minimum atomic E-state index is -0.799. The molecule has 2 unspecified atom stereocenters. The normalized spacial score (nSPS) is 29.6. The summed E-state index contributed by atoms with van der Waals surface area (Å²) in [6.07, 6.45) is -0.566. The minimum Gasteiger partial charge on any atom is -0.490 e. The highest BCUT2D eigenvalue weighted by Gasteiger charge is 2.53. The van der Waals surface area contributed by atoms with Gasteiger partial charge in [-0.3, -0.25) is 0 Å². The number of hydrogen-bond donors (Lipinski definition) is 0. The Morgan fingerprint density at radius 3 is 2.68 bits per heavy atom. The summed E-state index contributed by atoms with van der Waals surface area (Å²) in [6.45, 7) is 2.30. The summed E-state index contributed by atoms with van der Waals surface area (Å²) in [6, 6.07) is 9.58.